The van der Waals surface area contributed by atoms with Crippen LogP contribution in [0.4, 0.5) is 0 Å². The van der Waals surface area contributed by atoms with Crippen LogP contribution >= 0.6 is 11.8 Å². The molecule has 0 atom stereocenters. The number of hydrogen-bond acceptors (Lipinski definition) is 3. The summed E-state index contributed by atoms with van der Waals surface area (Å²) in [5.74, 6) is 2.74. The maximum atomic E-state index is 5.68. The highest BCUT2D eigenvalue weighted by molar-refractivity contribution is 7.98. The molecule has 1 rings (SSSR count). The van der Waals surface area contributed by atoms with Crippen molar-refractivity contribution in [2.45, 2.75) is 32.6 Å². The molecule has 0 amide bonds. The summed E-state index contributed by atoms with van der Waals surface area (Å²) in [6.45, 7) is 5.79. The molecule has 1 saturated carbocycles. The Morgan fingerprint density at radius 1 is 1.00 bits per heavy atom. The minimum absolute atomic E-state index is 0.805. The van der Waals surface area contributed by atoms with Gasteiger partial charge in [0, 0.05) is 25.6 Å². The molecule has 96 valence electrons. The Labute approximate surface area is 104 Å². The summed E-state index contributed by atoms with van der Waals surface area (Å²) in [5.41, 5.74) is 0. The molecule has 0 bridgehead atoms. The van der Waals surface area contributed by atoms with Gasteiger partial charge in [0.15, 0.2) is 0 Å². The van der Waals surface area contributed by atoms with Crippen molar-refractivity contribution in [2.24, 2.45) is 11.8 Å². The molecular weight excluding hydrogens is 220 g/mol. The van der Waals surface area contributed by atoms with Crippen molar-refractivity contribution >= 4 is 11.8 Å². The van der Waals surface area contributed by atoms with Gasteiger partial charge in [0.2, 0.25) is 0 Å². The van der Waals surface area contributed by atoms with Gasteiger partial charge in [-0.2, -0.15) is 11.8 Å². The SMILES string of the molecule is CCOCC1CCC(COCCSC)CC1. The average Bonchev–Trinajstić information content (AvgIpc) is 2.33. The van der Waals surface area contributed by atoms with Gasteiger partial charge in [-0.15, -0.1) is 0 Å². The summed E-state index contributed by atoms with van der Waals surface area (Å²) in [5, 5.41) is 0. The Kier molecular flexibility index (Phi) is 8.34. The largest absolute Gasteiger partial charge is 0.381 e. The minimum atomic E-state index is 0.805. The van der Waals surface area contributed by atoms with Gasteiger partial charge in [0.05, 0.1) is 6.61 Å². The van der Waals surface area contributed by atoms with Gasteiger partial charge in [-0.1, -0.05) is 0 Å². The van der Waals surface area contributed by atoms with Crippen LogP contribution in [0.15, 0.2) is 0 Å². The minimum Gasteiger partial charge on any atom is -0.381 e. The van der Waals surface area contributed by atoms with E-state index in [9.17, 15) is 0 Å². The van der Waals surface area contributed by atoms with Crippen LogP contribution in [0.3, 0.4) is 0 Å². The molecule has 0 aromatic heterocycles. The number of rotatable bonds is 8. The van der Waals surface area contributed by atoms with E-state index in [4.69, 9.17) is 9.47 Å². The Morgan fingerprint density at radius 3 is 2.06 bits per heavy atom. The molecule has 0 heterocycles. The van der Waals surface area contributed by atoms with E-state index in [0.717, 1.165) is 44.0 Å². The summed E-state index contributed by atoms with van der Waals surface area (Å²) < 4.78 is 11.2. The number of thioether (sulfide) groups is 1. The van der Waals surface area contributed by atoms with Crippen LogP contribution < -0.4 is 0 Å². The molecule has 2 nitrogen and oxygen atoms in total. The van der Waals surface area contributed by atoms with Crippen molar-refractivity contribution < 1.29 is 9.47 Å². The fraction of sp³-hybridized carbons (Fsp3) is 1.00. The normalized spacial score (nSPS) is 25.9. The lowest BCUT2D eigenvalue weighted by Gasteiger charge is -2.28. The van der Waals surface area contributed by atoms with E-state index in [2.05, 4.69) is 13.2 Å². The smallest absolute Gasteiger partial charge is 0.0556 e. The molecule has 0 saturated heterocycles. The Balaban J connectivity index is 1.98. The molecule has 0 unspecified atom stereocenters. The topological polar surface area (TPSA) is 18.5 Å². The third-order valence-electron chi connectivity index (χ3n) is 3.31. The fourth-order valence-corrected chi connectivity index (χ4v) is 2.53. The first-order chi connectivity index (χ1) is 7.86. The molecule has 3 heteroatoms. The molecule has 0 N–H and O–H groups in total. The van der Waals surface area contributed by atoms with Crippen LogP contribution in [-0.2, 0) is 9.47 Å². The zero-order chi connectivity index (χ0) is 11.6. The van der Waals surface area contributed by atoms with Gasteiger partial charge in [-0.05, 0) is 50.7 Å². The lowest BCUT2D eigenvalue weighted by Crippen LogP contribution is -2.22. The first-order valence-corrected chi connectivity index (χ1v) is 7.90. The lowest BCUT2D eigenvalue weighted by atomic mass is 9.83. The van der Waals surface area contributed by atoms with E-state index in [1.807, 2.05) is 11.8 Å². The van der Waals surface area contributed by atoms with E-state index < -0.39 is 0 Å². The molecule has 0 aromatic rings. The number of hydrogen-bond donors (Lipinski definition) is 0. The molecule has 0 aromatic carbocycles. The summed E-state index contributed by atoms with van der Waals surface area (Å²) in [6, 6.07) is 0. The van der Waals surface area contributed by atoms with Crippen molar-refractivity contribution in [3.63, 3.8) is 0 Å². The van der Waals surface area contributed by atoms with Crippen LogP contribution in [0.1, 0.15) is 32.6 Å². The van der Waals surface area contributed by atoms with Crippen molar-refractivity contribution in [3.8, 4) is 0 Å². The molecule has 0 aliphatic heterocycles. The zero-order valence-electron chi connectivity index (χ0n) is 10.7. The van der Waals surface area contributed by atoms with Gasteiger partial charge in [0.1, 0.15) is 0 Å². The second-order valence-corrected chi connectivity index (χ2v) is 5.60. The van der Waals surface area contributed by atoms with Crippen LogP contribution in [0.2, 0.25) is 0 Å². The highest BCUT2D eigenvalue weighted by Gasteiger charge is 2.21. The fourth-order valence-electron chi connectivity index (χ4n) is 2.24. The highest BCUT2D eigenvalue weighted by Crippen LogP contribution is 2.29. The Morgan fingerprint density at radius 2 is 1.56 bits per heavy atom. The molecule has 1 fully saturated rings. The van der Waals surface area contributed by atoms with Crippen LogP contribution in [-0.4, -0.2) is 38.4 Å². The van der Waals surface area contributed by atoms with Gasteiger partial charge in [0.25, 0.3) is 0 Å². The summed E-state index contributed by atoms with van der Waals surface area (Å²) in [4.78, 5) is 0. The quantitative estimate of drug-likeness (QED) is 0.613. The zero-order valence-corrected chi connectivity index (χ0v) is 11.6. The van der Waals surface area contributed by atoms with E-state index in [1.54, 1.807) is 0 Å². The average molecular weight is 246 g/mol. The maximum Gasteiger partial charge on any atom is 0.0556 e. The molecule has 1 aliphatic rings. The Hall–Kier alpha value is 0.270. The third-order valence-corrected chi connectivity index (χ3v) is 3.88. The van der Waals surface area contributed by atoms with Crippen molar-refractivity contribution in [2.75, 3.05) is 38.4 Å². The molecule has 0 spiro atoms. The molecule has 16 heavy (non-hydrogen) atoms. The van der Waals surface area contributed by atoms with Crippen LogP contribution in [0, 0.1) is 11.8 Å². The second kappa shape index (κ2) is 9.32. The first kappa shape index (κ1) is 14.3. The predicted molar refractivity (Wildman–Crippen MR) is 71.1 cm³/mol. The second-order valence-electron chi connectivity index (χ2n) is 4.61. The number of ether oxygens (including phenoxy) is 2. The van der Waals surface area contributed by atoms with Gasteiger partial charge in [-0.3, -0.25) is 0 Å². The molecule has 1 aliphatic carbocycles. The molecule has 0 radical (unpaired) electrons. The summed E-state index contributed by atoms with van der Waals surface area (Å²) in [7, 11) is 0. The first-order valence-electron chi connectivity index (χ1n) is 6.51. The third kappa shape index (κ3) is 6.12. The van der Waals surface area contributed by atoms with E-state index >= 15 is 0 Å². The predicted octanol–water partition coefficient (Wildman–Crippen LogP) is 3.21. The van der Waals surface area contributed by atoms with Gasteiger partial charge in [-0.25, -0.2) is 0 Å². The van der Waals surface area contributed by atoms with E-state index in [0.29, 0.717) is 0 Å². The summed E-state index contributed by atoms with van der Waals surface area (Å²) >= 11 is 1.86. The van der Waals surface area contributed by atoms with Crippen molar-refractivity contribution in [3.05, 3.63) is 0 Å². The van der Waals surface area contributed by atoms with E-state index in [-0.39, 0.29) is 0 Å². The monoisotopic (exact) mass is 246 g/mol. The van der Waals surface area contributed by atoms with Crippen molar-refractivity contribution in [1.82, 2.24) is 0 Å². The van der Waals surface area contributed by atoms with Gasteiger partial charge >= 0.3 is 0 Å². The lowest BCUT2D eigenvalue weighted by molar-refractivity contribution is 0.0580. The van der Waals surface area contributed by atoms with Crippen LogP contribution in [0.5, 0.6) is 0 Å². The van der Waals surface area contributed by atoms with Gasteiger partial charge < -0.3 is 9.47 Å². The maximum absolute atomic E-state index is 5.68. The van der Waals surface area contributed by atoms with Crippen LogP contribution in [0.25, 0.3) is 0 Å². The standard InChI is InChI=1S/C13H26O2S/c1-3-14-10-12-4-6-13(7-5-12)11-15-8-9-16-2/h12-13H,3-11H2,1-2H3. The Bertz CT molecular complexity index is 156. The highest BCUT2D eigenvalue weighted by atomic mass is 32.2. The summed E-state index contributed by atoms with van der Waals surface area (Å²) in [6.07, 6.45) is 7.45. The van der Waals surface area contributed by atoms with E-state index in [1.165, 1.54) is 25.7 Å². The van der Waals surface area contributed by atoms with Crippen molar-refractivity contribution in [1.29, 1.82) is 0 Å². The molecular formula is C13H26O2S.